The van der Waals surface area contributed by atoms with Gasteiger partial charge in [0.05, 0.1) is 16.6 Å². The van der Waals surface area contributed by atoms with Gasteiger partial charge in [0.1, 0.15) is 0 Å². The molecule has 1 aliphatic heterocycles. The Bertz CT molecular complexity index is 417. The van der Waals surface area contributed by atoms with E-state index in [1.165, 1.54) is 6.07 Å². The highest BCUT2D eigenvalue weighted by Gasteiger charge is 2.24. The first kappa shape index (κ1) is 9.72. The van der Waals surface area contributed by atoms with Crippen LogP contribution in [0.1, 0.15) is 18.5 Å². The van der Waals surface area contributed by atoms with E-state index in [2.05, 4.69) is 0 Å². The van der Waals surface area contributed by atoms with Gasteiger partial charge >= 0.3 is 0 Å². The zero-order valence-corrected chi connectivity index (χ0v) is 8.10. The Balaban J connectivity index is 2.57. The van der Waals surface area contributed by atoms with Crippen molar-refractivity contribution in [1.29, 1.82) is 0 Å². The van der Waals surface area contributed by atoms with Gasteiger partial charge in [0.15, 0.2) is 11.5 Å². The van der Waals surface area contributed by atoms with Crippen molar-refractivity contribution in [2.75, 3.05) is 6.79 Å². The maximum absolute atomic E-state index is 10.8. The normalized spacial score (nSPS) is 15.1. The Morgan fingerprint density at radius 1 is 1.47 bits per heavy atom. The molecule has 2 N–H and O–H groups in total. The zero-order valence-electron chi connectivity index (χ0n) is 8.10. The van der Waals surface area contributed by atoms with Crippen LogP contribution in [0.4, 0.5) is 5.69 Å². The monoisotopic (exact) mass is 210 g/mol. The number of ether oxygens (including phenoxy) is 2. The second-order valence-electron chi connectivity index (χ2n) is 3.31. The molecule has 0 saturated carbocycles. The second-order valence-corrected chi connectivity index (χ2v) is 3.31. The van der Waals surface area contributed by atoms with Gasteiger partial charge in [-0.15, -0.1) is 0 Å². The molecule has 80 valence electrons. The Kier molecular flexibility index (Phi) is 2.20. The van der Waals surface area contributed by atoms with E-state index < -0.39 is 11.0 Å². The van der Waals surface area contributed by atoms with Crippen LogP contribution >= 0.6 is 0 Å². The number of nitrogens with zero attached hydrogens (tertiary/aromatic N) is 1. The molecule has 0 spiro atoms. The molecule has 6 nitrogen and oxygen atoms in total. The first-order chi connectivity index (χ1) is 7.09. The van der Waals surface area contributed by atoms with Gasteiger partial charge in [-0.05, 0) is 13.0 Å². The van der Waals surface area contributed by atoms with Gasteiger partial charge < -0.3 is 15.2 Å². The molecule has 0 fully saturated rings. The second kappa shape index (κ2) is 3.39. The van der Waals surface area contributed by atoms with Crippen molar-refractivity contribution in [3.8, 4) is 11.5 Å². The summed E-state index contributed by atoms with van der Waals surface area (Å²) in [6.07, 6.45) is 0. The molecule has 0 bridgehead atoms. The van der Waals surface area contributed by atoms with Crippen LogP contribution in [-0.4, -0.2) is 11.7 Å². The van der Waals surface area contributed by atoms with Crippen molar-refractivity contribution in [3.63, 3.8) is 0 Å². The Labute approximate surface area is 85.7 Å². The molecule has 0 aliphatic carbocycles. The number of hydrogen-bond donors (Lipinski definition) is 1. The predicted octanol–water partition coefficient (Wildman–Crippen LogP) is 1.34. The van der Waals surface area contributed by atoms with Crippen molar-refractivity contribution in [1.82, 2.24) is 0 Å². The Morgan fingerprint density at radius 3 is 2.60 bits per heavy atom. The third kappa shape index (κ3) is 1.59. The molecule has 2 rings (SSSR count). The highest BCUT2D eigenvalue weighted by atomic mass is 16.7. The summed E-state index contributed by atoms with van der Waals surface area (Å²) in [5.74, 6) is 0.902. The predicted molar refractivity (Wildman–Crippen MR) is 51.8 cm³/mol. The summed E-state index contributed by atoms with van der Waals surface area (Å²) in [6.45, 7) is 1.78. The van der Waals surface area contributed by atoms with Crippen LogP contribution in [0.25, 0.3) is 0 Å². The lowest BCUT2D eigenvalue weighted by atomic mass is 10.1. The van der Waals surface area contributed by atoms with Crippen LogP contribution in [0.2, 0.25) is 0 Å². The Hall–Kier alpha value is -1.82. The molecule has 1 aliphatic rings. The summed E-state index contributed by atoms with van der Waals surface area (Å²) in [4.78, 5) is 10.3. The summed E-state index contributed by atoms with van der Waals surface area (Å²) in [6, 6.07) is 2.49. The van der Waals surface area contributed by atoms with Gasteiger partial charge in [-0.3, -0.25) is 10.1 Å². The van der Waals surface area contributed by atoms with Crippen LogP contribution in [0.15, 0.2) is 12.1 Å². The van der Waals surface area contributed by atoms with E-state index in [-0.39, 0.29) is 12.5 Å². The fourth-order valence-corrected chi connectivity index (χ4v) is 1.47. The first-order valence-corrected chi connectivity index (χ1v) is 4.43. The van der Waals surface area contributed by atoms with E-state index in [1.54, 1.807) is 13.0 Å². The number of benzene rings is 1. The molecule has 0 unspecified atom stereocenters. The minimum Gasteiger partial charge on any atom is -0.454 e. The smallest absolute Gasteiger partial charge is 0.278 e. The molecule has 0 radical (unpaired) electrons. The molecular formula is C9H10N2O4. The molecular weight excluding hydrogens is 200 g/mol. The zero-order chi connectivity index (χ0) is 11.0. The van der Waals surface area contributed by atoms with E-state index in [0.29, 0.717) is 17.1 Å². The lowest BCUT2D eigenvalue weighted by molar-refractivity contribution is -0.385. The molecule has 0 saturated heterocycles. The van der Waals surface area contributed by atoms with Crippen molar-refractivity contribution in [2.45, 2.75) is 13.0 Å². The molecule has 1 atom stereocenters. The van der Waals surface area contributed by atoms with Gasteiger partial charge in [-0.2, -0.15) is 0 Å². The van der Waals surface area contributed by atoms with Crippen molar-refractivity contribution < 1.29 is 14.4 Å². The lowest BCUT2D eigenvalue weighted by Gasteiger charge is -2.07. The highest BCUT2D eigenvalue weighted by molar-refractivity contribution is 5.56. The number of nitrogens with two attached hydrogens (primary N) is 1. The summed E-state index contributed by atoms with van der Waals surface area (Å²) in [7, 11) is 0. The molecule has 0 aromatic heterocycles. The van der Waals surface area contributed by atoms with Gasteiger partial charge in [-0.1, -0.05) is 0 Å². The number of nitro benzene ring substituents is 1. The number of nitro groups is 1. The van der Waals surface area contributed by atoms with E-state index in [4.69, 9.17) is 15.2 Å². The maximum atomic E-state index is 10.8. The van der Waals surface area contributed by atoms with Crippen LogP contribution in [0.5, 0.6) is 11.5 Å². The van der Waals surface area contributed by atoms with Gasteiger partial charge in [0.25, 0.3) is 5.69 Å². The standard InChI is InChI=1S/C9H10N2O4/c1-5(10)6-2-8-9(15-4-14-8)3-7(6)11(12)13/h2-3,5H,4,10H2,1H3/t5-/m1/s1. The summed E-state index contributed by atoms with van der Waals surface area (Å²) < 4.78 is 10.2. The van der Waals surface area contributed by atoms with E-state index in [0.717, 1.165) is 0 Å². The third-order valence-corrected chi connectivity index (χ3v) is 2.21. The van der Waals surface area contributed by atoms with Gasteiger partial charge in [0.2, 0.25) is 6.79 Å². The minimum absolute atomic E-state index is 0.0331. The molecule has 6 heteroatoms. The van der Waals surface area contributed by atoms with Crippen molar-refractivity contribution >= 4 is 5.69 Å². The molecule has 1 heterocycles. The van der Waals surface area contributed by atoms with Crippen LogP contribution < -0.4 is 15.2 Å². The number of fused-ring (bicyclic) bond motifs is 1. The quantitative estimate of drug-likeness (QED) is 0.587. The molecule has 15 heavy (non-hydrogen) atoms. The molecule has 1 aromatic rings. The van der Waals surface area contributed by atoms with Crippen LogP contribution in [0.3, 0.4) is 0 Å². The average molecular weight is 210 g/mol. The topological polar surface area (TPSA) is 87.6 Å². The fraction of sp³-hybridized carbons (Fsp3) is 0.333. The van der Waals surface area contributed by atoms with Crippen LogP contribution in [0, 0.1) is 10.1 Å². The van der Waals surface area contributed by atoms with Gasteiger partial charge in [-0.25, -0.2) is 0 Å². The van der Waals surface area contributed by atoms with E-state index in [9.17, 15) is 10.1 Å². The van der Waals surface area contributed by atoms with Crippen LogP contribution in [-0.2, 0) is 0 Å². The minimum atomic E-state index is -0.472. The molecule has 0 amide bonds. The number of hydrogen-bond acceptors (Lipinski definition) is 5. The summed E-state index contributed by atoms with van der Waals surface area (Å²) in [5, 5.41) is 10.8. The lowest BCUT2D eigenvalue weighted by Crippen LogP contribution is -2.08. The first-order valence-electron chi connectivity index (χ1n) is 4.43. The summed E-state index contributed by atoms with van der Waals surface area (Å²) in [5.41, 5.74) is 6.06. The maximum Gasteiger partial charge on any atom is 0.278 e. The van der Waals surface area contributed by atoms with Gasteiger partial charge in [0, 0.05) is 6.04 Å². The van der Waals surface area contributed by atoms with Crippen molar-refractivity contribution in [3.05, 3.63) is 27.8 Å². The SMILES string of the molecule is C[C@@H](N)c1cc2c(cc1[N+](=O)[O-])OCO2. The number of rotatable bonds is 2. The van der Waals surface area contributed by atoms with Crippen molar-refractivity contribution in [2.24, 2.45) is 5.73 Å². The highest BCUT2D eigenvalue weighted by Crippen LogP contribution is 2.39. The van der Waals surface area contributed by atoms with E-state index >= 15 is 0 Å². The Morgan fingerprint density at radius 2 is 2.07 bits per heavy atom. The summed E-state index contributed by atoms with van der Waals surface area (Å²) >= 11 is 0. The van der Waals surface area contributed by atoms with E-state index in [1.807, 2.05) is 0 Å². The average Bonchev–Trinajstić information content (AvgIpc) is 2.61. The fourth-order valence-electron chi connectivity index (χ4n) is 1.47. The third-order valence-electron chi connectivity index (χ3n) is 2.21. The molecule has 1 aromatic carbocycles. The largest absolute Gasteiger partial charge is 0.454 e.